The molecule has 8 heteroatoms. The monoisotopic (exact) mass is 514 g/mol. The van der Waals surface area contributed by atoms with Crippen LogP contribution in [0.25, 0.3) is 28.1 Å². The van der Waals surface area contributed by atoms with Crippen LogP contribution in [0.4, 0.5) is 0 Å². The summed E-state index contributed by atoms with van der Waals surface area (Å²) in [4.78, 5) is 0.270. The van der Waals surface area contributed by atoms with Gasteiger partial charge in [-0.25, -0.2) is 13.1 Å². The van der Waals surface area contributed by atoms with Gasteiger partial charge in [-0.2, -0.15) is 5.10 Å². The largest absolute Gasteiger partial charge is 0.384 e. The molecule has 1 N–H and O–H groups in total. The zero-order chi connectivity index (χ0) is 24.8. The Labute approximate surface area is 209 Å². The van der Waals surface area contributed by atoms with Crippen molar-refractivity contribution in [3.05, 3.63) is 88.0 Å². The van der Waals surface area contributed by atoms with Crippen LogP contribution in [-0.2, 0) is 15.4 Å². The second kappa shape index (κ2) is 8.86. The second-order valence-corrected chi connectivity index (χ2v) is 11.6. The molecule has 0 saturated carbocycles. The average Bonchev–Trinajstić information content (AvgIpc) is 3.20. The summed E-state index contributed by atoms with van der Waals surface area (Å²) < 4.78 is 25.7. The van der Waals surface area contributed by atoms with Crippen LogP contribution in [-0.4, -0.2) is 29.6 Å². The van der Waals surface area contributed by atoms with E-state index in [0.29, 0.717) is 27.0 Å². The van der Waals surface area contributed by atoms with Crippen LogP contribution in [0, 0.1) is 6.92 Å². The number of benzene rings is 3. The van der Waals surface area contributed by atoms with Crippen LogP contribution in [0.15, 0.2) is 71.6 Å². The van der Waals surface area contributed by atoms with E-state index in [4.69, 9.17) is 28.3 Å². The Morgan fingerprint density at radius 1 is 0.941 bits per heavy atom. The van der Waals surface area contributed by atoms with Gasteiger partial charge in [0.1, 0.15) is 5.60 Å². The van der Waals surface area contributed by atoms with E-state index < -0.39 is 15.4 Å². The van der Waals surface area contributed by atoms with Crippen molar-refractivity contribution in [2.45, 2.75) is 31.3 Å². The third-order valence-corrected chi connectivity index (χ3v) is 7.51. The zero-order valence-electron chi connectivity index (χ0n) is 19.2. The summed E-state index contributed by atoms with van der Waals surface area (Å²) in [6, 6.07) is 19.9. The van der Waals surface area contributed by atoms with Gasteiger partial charge in [0.05, 0.1) is 32.0 Å². The molecule has 0 aliphatic carbocycles. The Bertz CT molecular complexity index is 1500. The molecule has 4 aromatic rings. The molecule has 3 aromatic carbocycles. The van der Waals surface area contributed by atoms with Gasteiger partial charge in [-0.05, 0) is 73.9 Å². The van der Waals surface area contributed by atoms with E-state index in [2.05, 4.69) is 0 Å². The molecule has 1 heterocycles. The molecule has 0 radical (unpaired) electrons. The molecule has 0 unspecified atom stereocenters. The topological polar surface area (TPSA) is 72.2 Å². The Balaban J connectivity index is 1.87. The number of aromatic nitrogens is 2. The summed E-state index contributed by atoms with van der Waals surface area (Å²) in [7, 11) is -3.31. The Kier molecular flexibility index (Phi) is 6.38. The van der Waals surface area contributed by atoms with Crippen LogP contribution < -0.4 is 0 Å². The van der Waals surface area contributed by atoms with Crippen LogP contribution in [0.3, 0.4) is 0 Å². The minimum absolute atomic E-state index is 0.270. The van der Waals surface area contributed by atoms with Crippen molar-refractivity contribution in [2.24, 2.45) is 0 Å². The molecule has 0 saturated heterocycles. The van der Waals surface area contributed by atoms with Gasteiger partial charge in [0, 0.05) is 11.8 Å². The second-order valence-electron chi connectivity index (χ2n) is 8.79. The summed E-state index contributed by atoms with van der Waals surface area (Å²) in [5.74, 6) is 0. The van der Waals surface area contributed by atoms with Gasteiger partial charge in [0.25, 0.3) is 0 Å². The first-order chi connectivity index (χ1) is 15.9. The number of hydrogen-bond donors (Lipinski definition) is 1. The standard InChI is InChI=1S/C26H24Cl2N2O3S/c1-16-13-18(17-7-5-8-19(14-17)34(4,32)33)11-12-22(16)30-23(15-24(29-30)26(2,3)31)20-9-6-10-21(27)25(20)28/h5-15,31H,1-4H3. The molecule has 176 valence electrons. The molecule has 0 bridgehead atoms. The summed E-state index contributed by atoms with van der Waals surface area (Å²) in [5, 5.41) is 16.1. The van der Waals surface area contributed by atoms with Crippen molar-refractivity contribution in [2.75, 3.05) is 6.26 Å². The number of halogens is 2. The predicted octanol–water partition coefficient (Wildman–Crippen LogP) is 6.45. The van der Waals surface area contributed by atoms with Crippen molar-refractivity contribution >= 4 is 33.0 Å². The van der Waals surface area contributed by atoms with Crippen LogP contribution in [0.2, 0.25) is 10.0 Å². The Hall–Kier alpha value is -2.64. The van der Waals surface area contributed by atoms with Crippen molar-refractivity contribution < 1.29 is 13.5 Å². The third kappa shape index (κ3) is 4.77. The summed E-state index contributed by atoms with van der Waals surface area (Å²) in [6.45, 7) is 5.30. The number of aliphatic hydroxyl groups is 1. The Morgan fingerprint density at radius 2 is 1.62 bits per heavy atom. The summed E-state index contributed by atoms with van der Waals surface area (Å²) in [5.41, 5.74) is 4.10. The molecular weight excluding hydrogens is 491 g/mol. The van der Waals surface area contributed by atoms with Gasteiger partial charge in [-0.15, -0.1) is 0 Å². The molecule has 0 atom stereocenters. The van der Waals surface area contributed by atoms with Gasteiger partial charge < -0.3 is 5.11 Å². The zero-order valence-corrected chi connectivity index (χ0v) is 21.5. The average molecular weight is 515 g/mol. The van der Waals surface area contributed by atoms with Crippen molar-refractivity contribution in [3.8, 4) is 28.1 Å². The highest BCUT2D eigenvalue weighted by molar-refractivity contribution is 7.90. The fraction of sp³-hybridized carbons (Fsp3) is 0.192. The van der Waals surface area contributed by atoms with Gasteiger partial charge in [-0.1, -0.05) is 53.5 Å². The fourth-order valence-electron chi connectivity index (χ4n) is 3.74. The number of sulfone groups is 1. The lowest BCUT2D eigenvalue weighted by Crippen LogP contribution is -2.16. The van der Waals surface area contributed by atoms with Crippen LogP contribution >= 0.6 is 23.2 Å². The molecule has 0 amide bonds. The van der Waals surface area contributed by atoms with Crippen molar-refractivity contribution in [1.82, 2.24) is 9.78 Å². The lowest BCUT2D eigenvalue weighted by molar-refractivity contribution is 0.0734. The summed E-state index contributed by atoms with van der Waals surface area (Å²) >= 11 is 12.8. The van der Waals surface area contributed by atoms with Crippen molar-refractivity contribution in [3.63, 3.8) is 0 Å². The highest BCUT2D eigenvalue weighted by Gasteiger charge is 2.25. The molecule has 5 nitrogen and oxygen atoms in total. The maximum absolute atomic E-state index is 12.0. The maximum Gasteiger partial charge on any atom is 0.175 e. The van der Waals surface area contributed by atoms with Gasteiger partial charge in [-0.3, -0.25) is 0 Å². The molecule has 0 spiro atoms. The first-order valence-corrected chi connectivity index (χ1v) is 13.2. The van der Waals surface area contributed by atoms with E-state index >= 15 is 0 Å². The van der Waals surface area contributed by atoms with E-state index in [9.17, 15) is 13.5 Å². The quantitative estimate of drug-likeness (QED) is 0.332. The maximum atomic E-state index is 12.0. The van der Waals surface area contributed by atoms with Gasteiger partial charge in [0.15, 0.2) is 9.84 Å². The van der Waals surface area contributed by atoms with Crippen molar-refractivity contribution in [1.29, 1.82) is 0 Å². The minimum atomic E-state index is -3.31. The first kappa shape index (κ1) is 24.5. The third-order valence-electron chi connectivity index (χ3n) is 5.58. The molecular formula is C26H24Cl2N2O3S. The van der Waals surface area contributed by atoms with E-state index in [1.807, 2.05) is 43.3 Å². The number of rotatable bonds is 5. The normalized spacial score (nSPS) is 12.2. The molecule has 1 aromatic heterocycles. The predicted molar refractivity (Wildman–Crippen MR) is 138 cm³/mol. The Morgan fingerprint density at radius 3 is 2.26 bits per heavy atom. The van der Waals surface area contributed by atoms with Crippen LogP contribution in [0.5, 0.6) is 0 Å². The molecule has 4 rings (SSSR count). The number of nitrogens with zero attached hydrogens (tertiary/aromatic N) is 2. The van der Waals surface area contributed by atoms with E-state index in [0.717, 1.165) is 22.4 Å². The van der Waals surface area contributed by atoms with Gasteiger partial charge in [0.2, 0.25) is 0 Å². The highest BCUT2D eigenvalue weighted by Crippen LogP contribution is 2.37. The van der Waals surface area contributed by atoms with E-state index in [1.54, 1.807) is 48.9 Å². The van der Waals surface area contributed by atoms with E-state index in [1.165, 1.54) is 6.26 Å². The highest BCUT2D eigenvalue weighted by atomic mass is 35.5. The SMILES string of the molecule is Cc1cc(-c2cccc(S(C)(=O)=O)c2)ccc1-n1nc(C(C)(C)O)cc1-c1cccc(Cl)c1Cl. The molecule has 34 heavy (non-hydrogen) atoms. The van der Waals surface area contributed by atoms with Gasteiger partial charge >= 0.3 is 0 Å². The lowest BCUT2D eigenvalue weighted by Gasteiger charge is -2.15. The smallest absolute Gasteiger partial charge is 0.175 e. The fourth-order valence-corrected chi connectivity index (χ4v) is 4.80. The lowest BCUT2D eigenvalue weighted by atomic mass is 10.0. The first-order valence-electron chi connectivity index (χ1n) is 10.5. The molecule has 0 fully saturated rings. The minimum Gasteiger partial charge on any atom is -0.384 e. The number of hydrogen-bond acceptors (Lipinski definition) is 4. The molecule has 0 aliphatic heterocycles. The summed E-state index contributed by atoms with van der Waals surface area (Å²) in [6.07, 6.45) is 1.20. The van der Waals surface area contributed by atoms with Crippen LogP contribution in [0.1, 0.15) is 25.1 Å². The molecule has 0 aliphatic rings. The number of aryl methyl sites for hydroxylation is 1. The van der Waals surface area contributed by atoms with E-state index in [-0.39, 0.29) is 4.90 Å².